The van der Waals surface area contributed by atoms with Crippen LogP contribution in [0.25, 0.3) is 0 Å². The summed E-state index contributed by atoms with van der Waals surface area (Å²) in [6.07, 6.45) is 5.04. The van der Waals surface area contributed by atoms with Gasteiger partial charge in [-0.25, -0.2) is 13.2 Å². The van der Waals surface area contributed by atoms with Crippen molar-refractivity contribution in [1.29, 1.82) is 0 Å². The Hall–Kier alpha value is -1.64. The summed E-state index contributed by atoms with van der Waals surface area (Å²) in [6, 6.07) is 7.49. The van der Waals surface area contributed by atoms with E-state index in [0.717, 1.165) is 18.4 Å². The van der Waals surface area contributed by atoms with E-state index in [9.17, 15) is 13.2 Å². The number of amides is 2. The molecule has 1 aliphatic carbocycles. The first-order chi connectivity index (χ1) is 13.3. The van der Waals surface area contributed by atoms with Gasteiger partial charge in [-0.15, -0.1) is 0 Å². The van der Waals surface area contributed by atoms with Gasteiger partial charge in [0.25, 0.3) is 0 Å². The highest BCUT2D eigenvalue weighted by atomic mass is 32.2. The molecule has 1 saturated carbocycles. The molecule has 1 atom stereocenters. The molecule has 1 spiro atoms. The molecule has 8 heteroatoms. The molecule has 0 radical (unpaired) electrons. The Labute approximate surface area is 167 Å². The average Bonchev–Trinajstić information content (AvgIpc) is 3.35. The van der Waals surface area contributed by atoms with Gasteiger partial charge < -0.3 is 15.1 Å². The largest absolute Gasteiger partial charge is 0.335 e. The second kappa shape index (κ2) is 7.31. The number of likely N-dealkylation sites (tertiary alicyclic amines) is 1. The van der Waals surface area contributed by atoms with Crippen LogP contribution in [0.3, 0.4) is 0 Å². The zero-order chi connectivity index (χ0) is 19.9. The molecule has 2 fully saturated rings. The minimum atomic E-state index is -3.56. The van der Waals surface area contributed by atoms with Gasteiger partial charge in [-0.3, -0.25) is 0 Å². The van der Waals surface area contributed by atoms with Crippen LogP contribution in [0.4, 0.5) is 4.79 Å². The van der Waals surface area contributed by atoms with E-state index in [0.29, 0.717) is 37.5 Å². The van der Waals surface area contributed by atoms with E-state index in [1.54, 1.807) is 21.3 Å². The summed E-state index contributed by atoms with van der Waals surface area (Å²) in [7, 11) is 0.329. The fourth-order valence-electron chi connectivity index (χ4n) is 4.91. The quantitative estimate of drug-likeness (QED) is 0.828. The Bertz CT molecular complexity index is 851. The molecule has 1 aromatic carbocycles. The van der Waals surface area contributed by atoms with Crippen molar-refractivity contribution in [3.8, 4) is 0 Å². The van der Waals surface area contributed by atoms with Crippen molar-refractivity contribution in [3.05, 3.63) is 29.8 Å². The molecule has 1 saturated heterocycles. The average molecular weight is 407 g/mol. The number of nitrogens with one attached hydrogen (secondary N) is 1. The van der Waals surface area contributed by atoms with Crippen LogP contribution < -0.4 is 5.32 Å². The third-order valence-corrected chi connectivity index (χ3v) is 8.43. The predicted octanol–water partition coefficient (Wildman–Crippen LogP) is 1.81. The van der Waals surface area contributed by atoms with Crippen LogP contribution in [0, 0.1) is 0 Å². The van der Waals surface area contributed by atoms with Gasteiger partial charge in [0.1, 0.15) is 0 Å². The highest BCUT2D eigenvalue weighted by Crippen LogP contribution is 2.49. The molecular formula is C20H30N4O3S. The van der Waals surface area contributed by atoms with Gasteiger partial charge in [0.05, 0.1) is 10.4 Å². The van der Waals surface area contributed by atoms with Crippen molar-refractivity contribution in [2.75, 3.05) is 40.3 Å². The predicted molar refractivity (Wildman–Crippen MR) is 108 cm³/mol. The second-order valence-corrected chi connectivity index (χ2v) is 10.3. The first-order valence-corrected chi connectivity index (χ1v) is 11.6. The van der Waals surface area contributed by atoms with Crippen LogP contribution in [0.2, 0.25) is 0 Å². The number of carbonyl (C=O) groups is 1. The van der Waals surface area contributed by atoms with Gasteiger partial charge in [0.15, 0.2) is 0 Å². The molecule has 7 nitrogen and oxygen atoms in total. The zero-order valence-electron chi connectivity index (χ0n) is 16.7. The minimum absolute atomic E-state index is 0.0573. The molecule has 0 aromatic heterocycles. The third kappa shape index (κ3) is 3.21. The van der Waals surface area contributed by atoms with Gasteiger partial charge >= 0.3 is 6.03 Å². The SMILES string of the molecule is CN(C)CCN1[C@]2(CCN(C(=O)NC3CCCC3)C2)c2ccccc2S1(=O)=O. The molecular weight excluding hydrogens is 376 g/mol. The number of hydrogen-bond donors (Lipinski definition) is 1. The number of carbonyl (C=O) groups excluding carboxylic acids is 1. The number of fused-ring (bicyclic) bond motifs is 2. The molecule has 0 bridgehead atoms. The van der Waals surface area contributed by atoms with E-state index >= 15 is 0 Å². The molecule has 4 rings (SSSR count). The second-order valence-electron chi connectivity index (χ2n) is 8.51. The van der Waals surface area contributed by atoms with Crippen LogP contribution in [0.15, 0.2) is 29.2 Å². The van der Waals surface area contributed by atoms with Crippen LogP contribution in [0.1, 0.15) is 37.7 Å². The highest BCUT2D eigenvalue weighted by molar-refractivity contribution is 7.89. The Morgan fingerprint density at radius 2 is 1.96 bits per heavy atom. The fourth-order valence-corrected chi connectivity index (χ4v) is 6.96. The Balaban J connectivity index is 1.62. The summed E-state index contributed by atoms with van der Waals surface area (Å²) >= 11 is 0. The highest BCUT2D eigenvalue weighted by Gasteiger charge is 2.57. The summed E-state index contributed by atoms with van der Waals surface area (Å²) in [4.78, 5) is 17.0. The standard InChI is InChI=1S/C20H30N4O3S/c1-22(2)13-14-24-20(17-9-5-6-10-18(17)28(24,26)27)11-12-23(15-20)19(25)21-16-7-3-4-8-16/h5-6,9-10,16H,3-4,7-8,11-15H2,1-2H3,(H,21,25)/t20-/m0/s1. The summed E-state index contributed by atoms with van der Waals surface area (Å²) in [5.74, 6) is 0. The Morgan fingerprint density at radius 3 is 2.68 bits per heavy atom. The van der Waals surface area contributed by atoms with Crippen molar-refractivity contribution < 1.29 is 13.2 Å². The molecule has 1 aromatic rings. The van der Waals surface area contributed by atoms with Crippen molar-refractivity contribution in [3.63, 3.8) is 0 Å². The lowest BCUT2D eigenvalue weighted by molar-refractivity contribution is 0.172. The molecule has 2 heterocycles. The molecule has 0 unspecified atom stereocenters. The first kappa shape index (κ1) is 19.7. The molecule has 1 N–H and O–H groups in total. The van der Waals surface area contributed by atoms with E-state index in [2.05, 4.69) is 5.32 Å². The lowest BCUT2D eigenvalue weighted by Crippen LogP contribution is -2.50. The lowest BCUT2D eigenvalue weighted by atomic mass is 9.89. The van der Waals surface area contributed by atoms with Crippen LogP contribution >= 0.6 is 0 Å². The fraction of sp³-hybridized carbons (Fsp3) is 0.650. The summed E-state index contributed by atoms with van der Waals surface area (Å²) in [5.41, 5.74) is 0.184. The van der Waals surface area contributed by atoms with Crippen molar-refractivity contribution in [2.45, 2.75) is 48.6 Å². The summed E-state index contributed by atoms with van der Waals surface area (Å²) in [6.45, 7) is 2.04. The Morgan fingerprint density at radius 1 is 1.25 bits per heavy atom. The van der Waals surface area contributed by atoms with Gasteiger partial charge in [0, 0.05) is 32.2 Å². The van der Waals surface area contributed by atoms with Crippen LogP contribution in [0.5, 0.6) is 0 Å². The lowest BCUT2D eigenvalue weighted by Gasteiger charge is -2.34. The minimum Gasteiger partial charge on any atom is -0.335 e. The molecule has 2 aliphatic heterocycles. The smallest absolute Gasteiger partial charge is 0.317 e. The van der Waals surface area contributed by atoms with Crippen molar-refractivity contribution in [2.24, 2.45) is 0 Å². The van der Waals surface area contributed by atoms with Crippen LogP contribution in [-0.2, 0) is 15.6 Å². The summed E-state index contributed by atoms with van der Waals surface area (Å²) < 4.78 is 28.2. The number of urea groups is 1. The first-order valence-electron chi connectivity index (χ1n) is 10.2. The maximum atomic E-state index is 13.3. The van der Waals surface area contributed by atoms with E-state index in [4.69, 9.17) is 0 Å². The van der Waals surface area contributed by atoms with Gasteiger partial charge in [-0.05, 0) is 45.0 Å². The number of rotatable bonds is 4. The van der Waals surface area contributed by atoms with Crippen molar-refractivity contribution >= 4 is 16.1 Å². The zero-order valence-corrected chi connectivity index (χ0v) is 17.5. The van der Waals surface area contributed by atoms with Crippen molar-refractivity contribution in [1.82, 2.24) is 19.4 Å². The molecule has 2 amide bonds. The monoisotopic (exact) mass is 406 g/mol. The van der Waals surface area contributed by atoms with E-state index in [1.165, 1.54) is 12.8 Å². The third-order valence-electron chi connectivity index (χ3n) is 6.40. The molecule has 28 heavy (non-hydrogen) atoms. The number of likely N-dealkylation sites (N-methyl/N-ethyl adjacent to an activating group) is 1. The number of sulfonamides is 1. The Kier molecular flexibility index (Phi) is 5.14. The van der Waals surface area contributed by atoms with E-state index in [-0.39, 0.29) is 12.1 Å². The number of hydrogen-bond acceptors (Lipinski definition) is 4. The maximum Gasteiger partial charge on any atom is 0.317 e. The van der Waals surface area contributed by atoms with Gasteiger partial charge in [-0.2, -0.15) is 4.31 Å². The molecule has 154 valence electrons. The maximum absolute atomic E-state index is 13.3. The van der Waals surface area contributed by atoms with Crippen LogP contribution in [-0.4, -0.2) is 74.9 Å². The van der Waals surface area contributed by atoms with E-state index < -0.39 is 15.6 Å². The normalized spacial score (nSPS) is 27.0. The topological polar surface area (TPSA) is 73.0 Å². The number of nitrogens with zero attached hydrogens (tertiary/aromatic N) is 3. The van der Waals surface area contributed by atoms with Gasteiger partial charge in [-0.1, -0.05) is 31.0 Å². The number of benzene rings is 1. The molecule has 3 aliphatic rings. The van der Waals surface area contributed by atoms with Gasteiger partial charge in [0.2, 0.25) is 10.0 Å². The summed E-state index contributed by atoms with van der Waals surface area (Å²) in [5, 5.41) is 3.15. The van der Waals surface area contributed by atoms with E-state index in [1.807, 2.05) is 31.1 Å².